The minimum atomic E-state index is -1.03. The summed E-state index contributed by atoms with van der Waals surface area (Å²) in [7, 11) is 0. The molecule has 0 aliphatic rings. The number of primary amides is 1. The van der Waals surface area contributed by atoms with Crippen LogP contribution < -0.4 is 5.73 Å². The number of amides is 1. The summed E-state index contributed by atoms with van der Waals surface area (Å²) < 4.78 is 30.0. The molecule has 1 aromatic carbocycles. The van der Waals surface area contributed by atoms with Gasteiger partial charge in [-0.15, -0.1) is 0 Å². The van der Waals surface area contributed by atoms with Gasteiger partial charge in [0, 0.05) is 6.42 Å². The van der Waals surface area contributed by atoms with E-state index < -0.39 is 30.4 Å². The highest BCUT2D eigenvalue weighted by Crippen LogP contribution is 2.11. The van der Waals surface area contributed by atoms with Crippen LogP contribution in [-0.2, 0) is 11.2 Å². The van der Waals surface area contributed by atoms with Gasteiger partial charge in [-0.1, -0.05) is 6.07 Å². The quantitative estimate of drug-likeness (QED) is 0.810. The third kappa shape index (κ3) is 3.47. The van der Waals surface area contributed by atoms with Crippen molar-refractivity contribution in [2.45, 2.75) is 12.5 Å². The summed E-state index contributed by atoms with van der Waals surface area (Å²) in [4.78, 5) is 10.4. The molecule has 3 N–H and O–H groups in total. The number of ether oxygens (including phenoxy) is 1. The predicted molar refractivity (Wildman–Crippen MR) is 51.6 cm³/mol. The van der Waals surface area contributed by atoms with Gasteiger partial charge in [-0.2, -0.15) is 0 Å². The fourth-order valence-electron chi connectivity index (χ4n) is 1.24. The Morgan fingerprint density at radius 2 is 2.12 bits per heavy atom. The molecule has 0 spiro atoms. The molecular formula is C10H11F2NO3. The number of carbonyl (C=O) groups is 1. The number of benzene rings is 1. The zero-order valence-electron chi connectivity index (χ0n) is 8.32. The van der Waals surface area contributed by atoms with Crippen LogP contribution >= 0.6 is 0 Å². The lowest BCUT2D eigenvalue weighted by Crippen LogP contribution is -2.27. The molecule has 1 unspecified atom stereocenters. The molecule has 88 valence electrons. The minimum Gasteiger partial charge on any atom is -0.444 e. The topological polar surface area (TPSA) is 72.6 Å². The van der Waals surface area contributed by atoms with E-state index in [9.17, 15) is 13.6 Å². The third-order valence-corrected chi connectivity index (χ3v) is 1.93. The van der Waals surface area contributed by atoms with Gasteiger partial charge in [0.15, 0.2) is 11.6 Å². The summed E-state index contributed by atoms with van der Waals surface area (Å²) in [6.45, 7) is -0.443. The van der Waals surface area contributed by atoms with E-state index in [2.05, 4.69) is 4.74 Å². The Balaban J connectivity index is 2.70. The fraction of sp³-hybridized carbons (Fsp3) is 0.300. The largest absolute Gasteiger partial charge is 0.444 e. The van der Waals surface area contributed by atoms with Gasteiger partial charge in [-0.25, -0.2) is 13.6 Å². The van der Waals surface area contributed by atoms with Crippen molar-refractivity contribution in [3.8, 4) is 0 Å². The molecule has 0 saturated heterocycles. The van der Waals surface area contributed by atoms with E-state index in [0.717, 1.165) is 12.1 Å². The molecule has 4 nitrogen and oxygen atoms in total. The van der Waals surface area contributed by atoms with Crippen molar-refractivity contribution >= 4 is 6.09 Å². The Hall–Kier alpha value is -1.69. The zero-order valence-corrected chi connectivity index (χ0v) is 8.32. The smallest absolute Gasteiger partial charge is 0.404 e. The molecule has 1 atom stereocenters. The number of aliphatic hydroxyl groups excluding tert-OH is 1. The van der Waals surface area contributed by atoms with Gasteiger partial charge in [0.05, 0.1) is 6.61 Å². The van der Waals surface area contributed by atoms with Crippen molar-refractivity contribution in [3.05, 3.63) is 35.4 Å². The summed E-state index contributed by atoms with van der Waals surface area (Å²) in [6, 6.07) is 3.27. The number of halogens is 2. The standard InChI is InChI=1S/C10H11F2NO3/c11-8-2-1-6(4-9(8)12)3-7(5-14)16-10(13)15/h1-2,4,7,14H,3,5H2,(H2,13,15). The fourth-order valence-corrected chi connectivity index (χ4v) is 1.24. The van der Waals surface area contributed by atoms with Gasteiger partial charge in [0.2, 0.25) is 0 Å². The summed E-state index contributed by atoms with van der Waals surface area (Å²) in [5, 5.41) is 8.86. The Labute approximate surface area is 90.6 Å². The highest BCUT2D eigenvalue weighted by atomic mass is 19.2. The number of hydrogen-bond donors (Lipinski definition) is 2. The highest BCUT2D eigenvalue weighted by Gasteiger charge is 2.13. The van der Waals surface area contributed by atoms with Crippen LogP contribution in [0.5, 0.6) is 0 Å². The van der Waals surface area contributed by atoms with E-state index in [1.165, 1.54) is 6.07 Å². The second-order valence-electron chi connectivity index (χ2n) is 3.19. The lowest BCUT2D eigenvalue weighted by atomic mass is 10.1. The second-order valence-corrected chi connectivity index (χ2v) is 3.19. The van der Waals surface area contributed by atoms with Gasteiger partial charge in [0.1, 0.15) is 6.10 Å². The normalized spacial score (nSPS) is 12.2. The van der Waals surface area contributed by atoms with Crippen LogP contribution in [0.2, 0.25) is 0 Å². The molecule has 0 fully saturated rings. The molecule has 6 heteroatoms. The maximum Gasteiger partial charge on any atom is 0.404 e. The Bertz CT molecular complexity index is 384. The van der Waals surface area contributed by atoms with Crippen molar-refractivity contribution in [3.63, 3.8) is 0 Å². The highest BCUT2D eigenvalue weighted by molar-refractivity contribution is 5.64. The van der Waals surface area contributed by atoms with E-state index in [1.54, 1.807) is 0 Å². The first-order valence-corrected chi connectivity index (χ1v) is 4.53. The molecular weight excluding hydrogens is 220 g/mol. The number of hydrogen-bond acceptors (Lipinski definition) is 3. The Kier molecular flexibility index (Phi) is 4.19. The molecule has 0 heterocycles. The lowest BCUT2D eigenvalue weighted by molar-refractivity contribution is 0.0639. The summed E-state index contributed by atoms with van der Waals surface area (Å²) >= 11 is 0. The van der Waals surface area contributed by atoms with Crippen LogP contribution in [0.15, 0.2) is 18.2 Å². The minimum absolute atomic E-state index is 0.0661. The van der Waals surface area contributed by atoms with Gasteiger partial charge < -0.3 is 15.6 Å². The first-order valence-electron chi connectivity index (χ1n) is 4.53. The Morgan fingerprint density at radius 3 is 2.62 bits per heavy atom. The monoisotopic (exact) mass is 231 g/mol. The van der Waals surface area contributed by atoms with Crippen LogP contribution in [0.3, 0.4) is 0 Å². The maximum absolute atomic E-state index is 12.8. The molecule has 1 amide bonds. The van der Waals surface area contributed by atoms with E-state index in [-0.39, 0.29) is 6.42 Å². The van der Waals surface area contributed by atoms with Crippen molar-refractivity contribution in [1.29, 1.82) is 0 Å². The SMILES string of the molecule is NC(=O)OC(CO)Cc1ccc(F)c(F)c1. The van der Waals surface area contributed by atoms with Crippen molar-refractivity contribution in [1.82, 2.24) is 0 Å². The number of carbonyl (C=O) groups excluding carboxylic acids is 1. The van der Waals surface area contributed by atoms with Gasteiger partial charge in [0.25, 0.3) is 0 Å². The first kappa shape index (κ1) is 12.4. The molecule has 0 aliphatic heterocycles. The first-order chi connectivity index (χ1) is 7.52. The van der Waals surface area contributed by atoms with E-state index in [1.807, 2.05) is 0 Å². The predicted octanol–water partition coefficient (Wildman–Crippen LogP) is 0.964. The molecule has 0 radical (unpaired) electrons. The van der Waals surface area contributed by atoms with Crippen LogP contribution in [0.4, 0.5) is 13.6 Å². The zero-order chi connectivity index (χ0) is 12.1. The number of rotatable bonds is 4. The molecule has 16 heavy (non-hydrogen) atoms. The lowest BCUT2D eigenvalue weighted by Gasteiger charge is -2.13. The second kappa shape index (κ2) is 5.41. The van der Waals surface area contributed by atoms with Crippen LogP contribution in [0.1, 0.15) is 5.56 Å². The molecule has 0 saturated carbocycles. The van der Waals surface area contributed by atoms with Gasteiger partial charge in [-0.3, -0.25) is 0 Å². The van der Waals surface area contributed by atoms with Gasteiger partial charge >= 0.3 is 6.09 Å². The third-order valence-electron chi connectivity index (χ3n) is 1.93. The average molecular weight is 231 g/mol. The molecule has 1 rings (SSSR count). The van der Waals surface area contributed by atoms with Crippen LogP contribution in [0.25, 0.3) is 0 Å². The number of aliphatic hydroxyl groups is 1. The molecule has 1 aromatic rings. The summed E-state index contributed by atoms with van der Waals surface area (Å²) in [5.74, 6) is -1.95. The Morgan fingerprint density at radius 1 is 1.44 bits per heavy atom. The van der Waals surface area contributed by atoms with Crippen LogP contribution in [0, 0.1) is 11.6 Å². The maximum atomic E-state index is 12.8. The van der Waals surface area contributed by atoms with Gasteiger partial charge in [-0.05, 0) is 17.7 Å². The van der Waals surface area contributed by atoms with Crippen molar-refractivity contribution in [2.75, 3.05) is 6.61 Å². The average Bonchev–Trinajstić information content (AvgIpc) is 2.22. The van der Waals surface area contributed by atoms with Crippen LogP contribution in [-0.4, -0.2) is 23.9 Å². The van der Waals surface area contributed by atoms with Crippen molar-refractivity contribution in [2.24, 2.45) is 5.73 Å². The molecule has 0 aromatic heterocycles. The summed E-state index contributed by atoms with van der Waals surface area (Å²) in [5.41, 5.74) is 5.17. The van der Waals surface area contributed by atoms with Crippen molar-refractivity contribution < 1.29 is 23.4 Å². The number of nitrogens with two attached hydrogens (primary N) is 1. The molecule has 0 aliphatic carbocycles. The van der Waals surface area contributed by atoms with E-state index in [4.69, 9.17) is 10.8 Å². The van der Waals surface area contributed by atoms with E-state index >= 15 is 0 Å². The van der Waals surface area contributed by atoms with E-state index in [0.29, 0.717) is 5.56 Å². The molecule has 0 bridgehead atoms. The summed E-state index contributed by atoms with van der Waals surface area (Å²) in [6.07, 6.45) is -1.82.